The summed E-state index contributed by atoms with van der Waals surface area (Å²) in [5.74, 6) is 0. The van der Waals surface area contributed by atoms with Gasteiger partial charge in [0.15, 0.2) is 0 Å². The smallest absolute Gasteiger partial charge is 0.0957 e. The largest absolute Gasteiger partial charge is 0.279 e. The molecule has 0 amide bonds. The molecule has 2 heteroatoms. The second-order valence-electron chi connectivity index (χ2n) is 4.46. The predicted octanol–water partition coefficient (Wildman–Crippen LogP) is 4.66. The van der Waals surface area contributed by atoms with Crippen LogP contribution in [0.4, 0.5) is 0 Å². The third kappa shape index (κ3) is 4.58. The van der Waals surface area contributed by atoms with E-state index in [-0.39, 0.29) is 0 Å². The van der Waals surface area contributed by atoms with Crippen LogP contribution in [0, 0.1) is 0 Å². The van der Waals surface area contributed by atoms with Crippen molar-refractivity contribution in [2.75, 3.05) is 0 Å². The summed E-state index contributed by atoms with van der Waals surface area (Å²) in [5, 5.41) is 1.29. The van der Waals surface area contributed by atoms with E-state index in [9.17, 15) is 0 Å². The minimum atomic E-state index is 0.580. The number of rotatable bonds is 7. The van der Waals surface area contributed by atoms with E-state index in [0.717, 1.165) is 0 Å². The van der Waals surface area contributed by atoms with Crippen molar-refractivity contribution in [2.24, 2.45) is 4.99 Å². The summed E-state index contributed by atoms with van der Waals surface area (Å²) in [7, 11) is 0. The molecule has 0 radical (unpaired) electrons. The number of hydrogen-bond donors (Lipinski definition) is 0. The summed E-state index contributed by atoms with van der Waals surface area (Å²) in [4.78, 5) is 4.74. The molecule has 1 heterocycles. The quantitative estimate of drug-likeness (QED) is 0.576. The fourth-order valence-corrected chi connectivity index (χ4v) is 3.43. The van der Waals surface area contributed by atoms with Crippen LogP contribution in [0.2, 0.25) is 0 Å². The van der Waals surface area contributed by atoms with Crippen molar-refractivity contribution < 1.29 is 0 Å². The first-order valence-corrected chi connectivity index (χ1v) is 7.42. The molecule has 1 aliphatic rings. The van der Waals surface area contributed by atoms with Crippen molar-refractivity contribution in [2.45, 2.75) is 76.3 Å². The Bertz CT molecular complexity index is 201. The Morgan fingerprint density at radius 2 is 1.87 bits per heavy atom. The average Bonchev–Trinajstić information content (AvgIpc) is 2.59. The topological polar surface area (TPSA) is 12.4 Å². The molecule has 88 valence electrons. The highest BCUT2D eigenvalue weighted by Crippen LogP contribution is 2.32. The molecule has 1 nitrogen and oxygen atoms in total. The summed E-state index contributed by atoms with van der Waals surface area (Å²) in [6.07, 6.45) is 9.45. The Morgan fingerprint density at radius 3 is 2.47 bits per heavy atom. The van der Waals surface area contributed by atoms with Crippen LogP contribution < -0.4 is 0 Å². The van der Waals surface area contributed by atoms with Gasteiger partial charge in [0, 0.05) is 11.0 Å². The van der Waals surface area contributed by atoms with E-state index in [2.05, 4.69) is 32.5 Å². The summed E-state index contributed by atoms with van der Waals surface area (Å²) >= 11 is 2.08. The van der Waals surface area contributed by atoms with E-state index < -0.39 is 0 Å². The van der Waals surface area contributed by atoms with Gasteiger partial charge in [0.2, 0.25) is 0 Å². The highest BCUT2D eigenvalue weighted by atomic mass is 32.2. The fourth-order valence-electron chi connectivity index (χ4n) is 2.08. The second kappa shape index (κ2) is 7.32. The lowest BCUT2D eigenvalue weighted by molar-refractivity contribution is 0.603. The third-order valence-corrected chi connectivity index (χ3v) is 4.72. The molecule has 0 unspecified atom stereocenters. The monoisotopic (exact) mass is 227 g/mol. The maximum absolute atomic E-state index is 4.74. The molecule has 2 atom stereocenters. The lowest BCUT2D eigenvalue weighted by atomic mass is 10.1. The van der Waals surface area contributed by atoms with Crippen molar-refractivity contribution in [3.05, 3.63) is 0 Å². The first-order chi connectivity index (χ1) is 7.27. The third-order valence-electron chi connectivity index (χ3n) is 3.06. The molecule has 0 bridgehead atoms. The molecule has 1 rings (SSSR count). The van der Waals surface area contributed by atoms with Crippen molar-refractivity contribution in [3.63, 3.8) is 0 Å². The minimum Gasteiger partial charge on any atom is -0.279 e. The minimum absolute atomic E-state index is 0.580. The van der Waals surface area contributed by atoms with Crippen LogP contribution >= 0.6 is 11.8 Å². The van der Waals surface area contributed by atoms with E-state index in [4.69, 9.17) is 4.99 Å². The lowest BCUT2D eigenvalue weighted by Gasteiger charge is -2.08. The Kier molecular flexibility index (Phi) is 6.39. The SMILES string of the molecule is CCCCCCC[C@@H]1N=C(C)[C@H](CC)S1. The van der Waals surface area contributed by atoms with E-state index in [1.807, 2.05) is 0 Å². The Labute approximate surface area is 99.1 Å². The molecule has 0 aromatic heterocycles. The van der Waals surface area contributed by atoms with Gasteiger partial charge in [0.25, 0.3) is 0 Å². The molecular weight excluding hydrogens is 202 g/mol. The molecular formula is C13H25NS. The first kappa shape index (κ1) is 13.1. The van der Waals surface area contributed by atoms with Crippen molar-refractivity contribution >= 4 is 17.5 Å². The normalized spacial score (nSPS) is 25.7. The molecule has 0 saturated heterocycles. The second-order valence-corrected chi connectivity index (χ2v) is 5.85. The Balaban J connectivity index is 2.08. The van der Waals surface area contributed by atoms with Gasteiger partial charge < -0.3 is 0 Å². The molecule has 0 aromatic carbocycles. The van der Waals surface area contributed by atoms with Crippen LogP contribution in [-0.4, -0.2) is 16.3 Å². The number of nitrogens with zero attached hydrogens (tertiary/aromatic N) is 1. The summed E-state index contributed by atoms with van der Waals surface area (Å²) in [6, 6.07) is 0. The summed E-state index contributed by atoms with van der Waals surface area (Å²) in [6.45, 7) is 6.73. The van der Waals surface area contributed by atoms with Crippen molar-refractivity contribution in [1.82, 2.24) is 0 Å². The molecule has 0 spiro atoms. The molecule has 1 aliphatic heterocycles. The van der Waals surface area contributed by atoms with Gasteiger partial charge in [-0.2, -0.15) is 0 Å². The summed E-state index contributed by atoms with van der Waals surface area (Å²) < 4.78 is 0. The highest BCUT2D eigenvalue weighted by molar-refractivity contribution is 8.01. The molecule has 0 N–H and O–H groups in total. The number of thioether (sulfide) groups is 1. The molecule has 0 saturated carbocycles. The fraction of sp³-hybridized carbons (Fsp3) is 0.923. The maximum atomic E-state index is 4.74. The van der Waals surface area contributed by atoms with Crippen LogP contribution in [0.3, 0.4) is 0 Å². The van der Waals surface area contributed by atoms with E-state index in [0.29, 0.717) is 10.6 Å². The maximum Gasteiger partial charge on any atom is 0.0957 e. The van der Waals surface area contributed by atoms with Crippen molar-refractivity contribution in [1.29, 1.82) is 0 Å². The molecule has 0 aliphatic carbocycles. The number of hydrogen-bond acceptors (Lipinski definition) is 2. The van der Waals surface area contributed by atoms with Gasteiger partial charge in [0.1, 0.15) is 0 Å². The zero-order valence-electron chi connectivity index (χ0n) is 10.5. The number of aliphatic imine (C=N–C) groups is 1. The van der Waals surface area contributed by atoms with Crippen molar-refractivity contribution in [3.8, 4) is 0 Å². The standard InChI is InChI=1S/C13H25NS/c1-4-6-7-8-9-10-13-14-11(3)12(5-2)15-13/h12-13H,4-10H2,1-3H3/t12-,13+/m0/s1. The van der Waals surface area contributed by atoms with Gasteiger partial charge in [-0.15, -0.1) is 11.8 Å². The van der Waals surface area contributed by atoms with E-state index >= 15 is 0 Å². The van der Waals surface area contributed by atoms with Crippen LogP contribution in [0.5, 0.6) is 0 Å². The molecule has 15 heavy (non-hydrogen) atoms. The van der Waals surface area contributed by atoms with Gasteiger partial charge >= 0.3 is 0 Å². The first-order valence-electron chi connectivity index (χ1n) is 6.47. The Hall–Kier alpha value is 0.0200. The van der Waals surface area contributed by atoms with Crippen LogP contribution in [0.1, 0.15) is 65.7 Å². The van der Waals surface area contributed by atoms with Crippen LogP contribution in [0.15, 0.2) is 4.99 Å². The van der Waals surface area contributed by atoms with Gasteiger partial charge in [-0.1, -0.05) is 46.0 Å². The lowest BCUT2D eigenvalue weighted by Crippen LogP contribution is -2.06. The van der Waals surface area contributed by atoms with Gasteiger partial charge in [-0.3, -0.25) is 4.99 Å². The highest BCUT2D eigenvalue weighted by Gasteiger charge is 2.23. The predicted molar refractivity (Wildman–Crippen MR) is 71.9 cm³/mol. The zero-order chi connectivity index (χ0) is 11.1. The van der Waals surface area contributed by atoms with E-state index in [1.165, 1.54) is 50.7 Å². The molecule has 0 aromatic rings. The van der Waals surface area contributed by atoms with E-state index in [1.54, 1.807) is 0 Å². The average molecular weight is 227 g/mol. The van der Waals surface area contributed by atoms with Gasteiger partial charge in [-0.25, -0.2) is 0 Å². The van der Waals surface area contributed by atoms with Gasteiger partial charge in [-0.05, 0) is 19.8 Å². The van der Waals surface area contributed by atoms with Gasteiger partial charge in [0.05, 0.1) is 5.37 Å². The zero-order valence-corrected chi connectivity index (χ0v) is 11.3. The summed E-state index contributed by atoms with van der Waals surface area (Å²) in [5.41, 5.74) is 1.38. The molecule has 0 fully saturated rings. The van der Waals surface area contributed by atoms with Crippen LogP contribution in [-0.2, 0) is 0 Å². The Morgan fingerprint density at radius 1 is 1.13 bits per heavy atom. The van der Waals surface area contributed by atoms with Crippen LogP contribution in [0.25, 0.3) is 0 Å². The number of unbranched alkanes of at least 4 members (excludes halogenated alkanes) is 4.